The number of carbonyl (C=O) groups excluding carboxylic acids is 1. The summed E-state index contributed by atoms with van der Waals surface area (Å²) in [6.07, 6.45) is -12.9. The number of amides is 1. The predicted molar refractivity (Wildman–Crippen MR) is 133 cm³/mol. The van der Waals surface area contributed by atoms with E-state index in [1.165, 1.54) is 29.2 Å². The number of benzene rings is 2. The number of rotatable bonds is 6. The van der Waals surface area contributed by atoms with Crippen molar-refractivity contribution in [1.29, 1.82) is 0 Å². The molecule has 226 valence electrons. The maximum atomic E-state index is 13.9. The number of carbonyl (C=O) groups is 1. The number of aliphatic hydroxyl groups is 2. The summed E-state index contributed by atoms with van der Waals surface area (Å²) in [6.45, 7) is 1.75. The van der Waals surface area contributed by atoms with Crippen LogP contribution in [-0.4, -0.2) is 80.2 Å². The highest BCUT2D eigenvalue weighted by atomic mass is 32.2. The minimum atomic E-state index is -6.11. The molecule has 15 heteroatoms. The molecule has 0 saturated carbocycles. The summed E-state index contributed by atoms with van der Waals surface area (Å²) in [7, 11) is -4.46. The van der Waals surface area contributed by atoms with Crippen LogP contribution in [0.25, 0.3) is 0 Å². The average molecular weight is 611 g/mol. The van der Waals surface area contributed by atoms with Crippen LogP contribution in [0.2, 0.25) is 0 Å². The van der Waals surface area contributed by atoms with Crippen molar-refractivity contribution in [3.8, 4) is 0 Å². The number of anilines is 1. The van der Waals surface area contributed by atoms with E-state index in [1.807, 2.05) is 0 Å². The number of hydrogen-bond acceptors (Lipinski definition) is 6. The van der Waals surface area contributed by atoms with E-state index in [2.05, 4.69) is 0 Å². The van der Waals surface area contributed by atoms with E-state index in [4.69, 9.17) is 4.74 Å². The third-order valence-corrected chi connectivity index (χ3v) is 9.26. The quantitative estimate of drug-likeness (QED) is 0.486. The number of hydrogen-bond donors (Lipinski definition) is 2. The summed E-state index contributed by atoms with van der Waals surface area (Å²) in [5.41, 5.74) is -6.32. The summed E-state index contributed by atoms with van der Waals surface area (Å²) in [5.74, 6) is -0.495. The zero-order valence-electron chi connectivity index (χ0n) is 21.7. The number of alkyl halides is 6. The third kappa shape index (κ3) is 5.64. The molecular formula is C26H28F6N2O6S. The first kappa shape index (κ1) is 31.1. The maximum Gasteiger partial charge on any atom is 0.430 e. The van der Waals surface area contributed by atoms with Crippen molar-refractivity contribution < 1.29 is 54.5 Å². The average Bonchev–Trinajstić information content (AvgIpc) is 2.90. The lowest BCUT2D eigenvalue weighted by atomic mass is 9.87. The minimum Gasteiger partial charge on any atom is -0.394 e. The van der Waals surface area contributed by atoms with Gasteiger partial charge in [0.1, 0.15) is 0 Å². The van der Waals surface area contributed by atoms with Gasteiger partial charge in [0.2, 0.25) is 5.91 Å². The van der Waals surface area contributed by atoms with Gasteiger partial charge in [0, 0.05) is 18.5 Å². The Bertz CT molecular complexity index is 1370. The standard InChI is InChI=1S/C26H28F6N2O6S/c1-16-2-7-21(8-3-16)41(38,39)34-19(13-23(36)33-10-11-40-15-20(33)14-35)6-4-17-12-18(5-9-22(17)34)24(37,25(27,28)29)26(30,31)32/h2-3,5,7-9,12,19-20,35,37H,4,6,10-11,13-15H2,1H3/t19-,20?/m0/s1. The molecule has 0 aliphatic carbocycles. The molecule has 4 rings (SSSR count). The van der Waals surface area contributed by atoms with Crippen LogP contribution < -0.4 is 4.31 Å². The molecule has 41 heavy (non-hydrogen) atoms. The Morgan fingerprint density at radius 2 is 1.66 bits per heavy atom. The molecular weight excluding hydrogens is 582 g/mol. The molecule has 0 aromatic heterocycles. The van der Waals surface area contributed by atoms with Gasteiger partial charge in [0.25, 0.3) is 15.6 Å². The Kier molecular flexibility index (Phi) is 8.39. The SMILES string of the molecule is Cc1ccc(S(=O)(=O)N2c3ccc(C(O)(C(F)(F)F)C(F)(F)F)cc3CC[C@H]2CC(=O)N2CCOCC2CO)cc1. The van der Waals surface area contributed by atoms with E-state index in [1.54, 1.807) is 6.92 Å². The van der Waals surface area contributed by atoms with Gasteiger partial charge in [0.15, 0.2) is 0 Å². The minimum absolute atomic E-state index is 0.0746. The second-order valence-corrected chi connectivity index (χ2v) is 11.9. The second-order valence-electron chi connectivity index (χ2n) is 10.1. The van der Waals surface area contributed by atoms with E-state index in [0.29, 0.717) is 12.1 Å². The number of aryl methyl sites for hydroxylation is 2. The van der Waals surface area contributed by atoms with Crippen LogP contribution in [0.15, 0.2) is 47.4 Å². The summed E-state index contributed by atoms with van der Waals surface area (Å²) in [4.78, 5) is 14.4. The molecule has 2 N–H and O–H groups in total. The first-order chi connectivity index (χ1) is 19.0. The molecule has 0 radical (unpaired) electrons. The molecule has 8 nitrogen and oxygen atoms in total. The van der Waals surface area contributed by atoms with Crippen molar-refractivity contribution in [1.82, 2.24) is 4.90 Å². The molecule has 1 amide bonds. The van der Waals surface area contributed by atoms with Gasteiger partial charge in [-0.1, -0.05) is 29.8 Å². The topological polar surface area (TPSA) is 107 Å². The van der Waals surface area contributed by atoms with Crippen molar-refractivity contribution >= 4 is 21.6 Å². The van der Waals surface area contributed by atoms with Gasteiger partial charge in [-0.05, 0) is 43.5 Å². The molecule has 0 spiro atoms. The zero-order valence-corrected chi connectivity index (χ0v) is 22.6. The van der Waals surface area contributed by atoms with Crippen LogP contribution in [0.5, 0.6) is 0 Å². The fourth-order valence-corrected chi connectivity index (χ4v) is 6.85. The van der Waals surface area contributed by atoms with Crippen LogP contribution >= 0.6 is 0 Å². The molecule has 2 aliphatic heterocycles. The zero-order chi connectivity index (χ0) is 30.4. The van der Waals surface area contributed by atoms with Crippen LogP contribution in [0.3, 0.4) is 0 Å². The fourth-order valence-electron chi connectivity index (χ4n) is 5.14. The summed E-state index contributed by atoms with van der Waals surface area (Å²) in [5, 5.41) is 19.5. The lowest BCUT2D eigenvalue weighted by Crippen LogP contribution is -2.54. The van der Waals surface area contributed by atoms with Gasteiger partial charge >= 0.3 is 12.4 Å². The first-order valence-electron chi connectivity index (χ1n) is 12.6. The van der Waals surface area contributed by atoms with Crippen molar-refractivity contribution in [2.24, 2.45) is 0 Å². The molecule has 1 unspecified atom stereocenters. The van der Waals surface area contributed by atoms with Crippen molar-refractivity contribution in [2.75, 3.05) is 30.7 Å². The summed E-state index contributed by atoms with van der Waals surface area (Å²) in [6, 6.07) is 5.66. The predicted octanol–water partition coefficient (Wildman–Crippen LogP) is 3.43. The Morgan fingerprint density at radius 3 is 2.24 bits per heavy atom. The monoisotopic (exact) mass is 610 g/mol. The molecule has 0 bridgehead atoms. The van der Waals surface area contributed by atoms with Crippen molar-refractivity contribution in [3.63, 3.8) is 0 Å². The van der Waals surface area contributed by atoms with Crippen LogP contribution in [0, 0.1) is 6.92 Å². The Hall–Kier alpha value is -2.88. The van der Waals surface area contributed by atoms with Gasteiger partial charge in [-0.2, -0.15) is 26.3 Å². The van der Waals surface area contributed by atoms with Crippen LogP contribution in [0.4, 0.5) is 32.0 Å². The lowest BCUT2D eigenvalue weighted by Gasteiger charge is -2.41. The second kappa shape index (κ2) is 11.1. The van der Waals surface area contributed by atoms with Gasteiger partial charge in [-0.25, -0.2) is 8.42 Å². The Labute approximate surface area is 232 Å². The van der Waals surface area contributed by atoms with E-state index in [9.17, 15) is 49.8 Å². The number of morpholine rings is 1. The van der Waals surface area contributed by atoms with E-state index >= 15 is 0 Å². The lowest BCUT2D eigenvalue weighted by molar-refractivity contribution is -0.376. The fraction of sp³-hybridized carbons (Fsp3) is 0.500. The van der Waals surface area contributed by atoms with Crippen LogP contribution in [-0.2, 0) is 31.6 Å². The Morgan fingerprint density at radius 1 is 1.02 bits per heavy atom. The highest BCUT2D eigenvalue weighted by molar-refractivity contribution is 7.92. The first-order valence-corrected chi connectivity index (χ1v) is 14.0. The van der Waals surface area contributed by atoms with E-state index < -0.39 is 58.1 Å². The van der Waals surface area contributed by atoms with Crippen molar-refractivity contribution in [2.45, 2.75) is 61.1 Å². The highest BCUT2D eigenvalue weighted by Gasteiger charge is 2.71. The molecule has 1 fully saturated rings. The van der Waals surface area contributed by atoms with Gasteiger partial charge in [-0.15, -0.1) is 0 Å². The Balaban J connectivity index is 1.80. The van der Waals surface area contributed by atoms with Gasteiger partial charge < -0.3 is 19.8 Å². The number of fused-ring (bicyclic) bond motifs is 1. The number of sulfonamides is 1. The largest absolute Gasteiger partial charge is 0.430 e. The number of ether oxygens (including phenoxy) is 1. The van der Waals surface area contributed by atoms with E-state index in [0.717, 1.165) is 15.9 Å². The maximum absolute atomic E-state index is 13.9. The molecule has 1 saturated heterocycles. The molecule has 2 aromatic carbocycles. The summed E-state index contributed by atoms with van der Waals surface area (Å²) < 4.78 is 115. The number of aliphatic hydroxyl groups excluding tert-OH is 1. The van der Waals surface area contributed by atoms with Crippen LogP contribution in [0.1, 0.15) is 29.5 Å². The highest BCUT2D eigenvalue weighted by Crippen LogP contribution is 2.51. The molecule has 2 heterocycles. The molecule has 2 atom stereocenters. The molecule has 2 aliphatic rings. The van der Waals surface area contributed by atoms with Crippen molar-refractivity contribution in [3.05, 3.63) is 59.2 Å². The molecule has 2 aromatic rings. The smallest absolute Gasteiger partial charge is 0.394 e. The summed E-state index contributed by atoms with van der Waals surface area (Å²) >= 11 is 0. The van der Waals surface area contributed by atoms with Gasteiger partial charge in [0.05, 0.1) is 42.5 Å². The van der Waals surface area contributed by atoms with Gasteiger partial charge in [-0.3, -0.25) is 9.10 Å². The third-order valence-electron chi connectivity index (χ3n) is 7.38. The van der Waals surface area contributed by atoms with E-state index in [-0.39, 0.29) is 55.2 Å². The number of halogens is 6. The normalized spacial score (nSPS) is 20.6. The number of nitrogens with zero attached hydrogens (tertiary/aromatic N) is 2.